The molecule has 1 atom stereocenters. The van der Waals surface area contributed by atoms with Crippen LogP contribution in [-0.2, 0) is 10.1 Å². The third-order valence-corrected chi connectivity index (χ3v) is 4.27. The molecule has 0 bridgehead atoms. The van der Waals surface area contributed by atoms with Crippen molar-refractivity contribution >= 4 is 10.1 Å². The fourth-order valence-electron chi connectivity index (χ4n) is 1.82. The number of rotatable bonds is 5. The third-order valence-electron chi connectivity index (χ3n) is 2.85. The maximum atomic E-state index is 11.0. The van der Waals surface area contributed by atoms with Gasteiger partial charge in [-0.2, -0.15) is 8.42 Å². The average molecular weight is 253 g/mol. The second kappa shape index (κ2) is 7.18. The van der Waals surface area contributed by atoms with E-state index >= 15 is 0 Å². The van der Waals surface area contributed by atoms with Crippen LogP contribution in [0.2, 0.25) is 0 Å². The van der Waals surface area contributed by atoms with Crippen LogP contribution in [0.4, 0.5) is 0 Å². The Morgan fingerprint density at radius 3 is 2.38 bits per heavy atom. The van der Waals surface area contributed by atoms with Crippen LogP contribution in [0.5, 0.6) is 0 Å². The molecule has 98 valence electrons. The second-order valence-electron chi connectivity index (χ2n) is 3.93. The zero-order chi connectivity index (χ0) is 11.3. The quantitative estimate of drug-likeness (QED) is 0.601. The molecule has 0 spiro atoms. The molecule has 0 aliphatic carbocycles. The molecule has 1 aliphatic heterocycles. The summed E-state index contributed by atoms with van der Waals surface area (Å²) in [5.74, 6) is 0. The lowest BCUT2D eigenvalue weighted by Crippen LogP contribution is -2.44. The second-order valence-corrected chi connectivity index (χ2v) is 5.62. The van der Waals surface area contributed by atoms with Crippen molar-refractivity contribution in [2.45, 2.75) is 25.0 Å². The van der Waals surface area contributed by atoms with Crippen LogP contribution in [0.1, 0.15) is 19.8 Å². The molecule has 16 heavy (non-hydrogen) atoms. The van der Waals surface area contributed by atoms with Crippen LogP contribution in [0.25, 0.3) is 0 Å². The van der Waals surface area contributed by atoms with Crippen LogP contribution in [0, 0.1) is 0 Å². The fraction of sp³-hybridized carbons (Fsp3) is 1.00. The highest BCUT2D eigenvalue weighted by Crippen LogP contribution is 2.10. The van der Waals surface area contributed by atoms with Crippen molar-refractivity contribution in [2.75, 3.05) is 32.7 Å². The highest BCUT2D eigenvalue weighted by atomic mass is 32.2. The first kappa shape index (κ1) is 15.8. The van der Waals surface area contributed by atoms with Crippen LogP contribution in [-0.4, -0.2) is 55.8 Å². The van der Waals surface area contributed by atoms with Crippen LogP contribution >= 0.6 is 0 Å². The molecule has 6 nitrogen and oxygen atoms in total. The molecule has 1 heterocycles. The van der Waals surface area contributed by atoms with Gasteiger partial charge in [-0.05, 0) is 19.4 Å². The molecule has 5 N–H and O–H groups in total. The van der Waals surface area contributed by atoms with E-state index in [1.807, 2.05) is 0 Å². The van der Waals surface area contributed by atoms with Gasteiger partial charge in [-0.15, -0.1) is 0 Å². The first-order valence-corrected chi connectivity index (χ1v) is 6.93. The number of hydrogen-bond acceptors (Lipinski definition) is 5. The minimum atomic E-state index is -3.86. The number of hydrogen-bond donors (Lipinski definition) is 3. The van der Waals surface area contributed by atoms with Crippen LogP contribution < -0.4 is 11.5 Å². The lowest BCUT2D eigenvalue weighted by Gasteiger charge is -2.28. The Balaban J connectivity index is 0.00000225. The first-order chi connectivity index (χ1) is 7.04. The summed E-state index contributed by atoms with van der Waals surface area (Å²) in [6.07, 6.45) is 1.00. The smallest absolute Gasteiger partial charge is 0.267 e. The summed E-state index contributed by atoms with van der Waals surface area (Å²) in [4.78, 5) is 2.23. The lowest BCUT2D eigenvalue weighted by atomic mass is 10.2. The monoisotopic (exact) mass is 253 g/mol. The summed E-state index contributed by atoms with van der Waals surface area (Å²) in [6, 6.07) is 0. The predicted molar refractivity (Wildman–Crippen MR) is 64.6 cm³/mol. The maximum Gasteiger partial charge on any atom is 0.267 e. The number of nitrogens with zero attached hydrogens (tertiary/aromatic N) is 1. The van der Waals surface area contributed by atoms with Gasteiger partial charge in [-0.25, -0.2) is 0 Å². The molecule has 1 fully saturated rings. The van der Waals surface area contributed by atoms with E-state index in [1.54, 1.807) is 6.92 Å². The summed E-state index contributed by atoms with van der Waals surface area (Å²) in [5.41, 5.74) is 0. The molecule has 0 saturated carbocycles. The third kappa shape index (κ3) is 5.22. The van der Waals surface area contributed by atoms with E-state index in [0.29, 0.717) is 12.8 Å². The molecule has 7 heteroatoms. The Hall–Kier alpha value is -0.210. The Kier molecular flexibility index (Phi) is 7.09. The molecule has 0 aromatic heterocycles. The van der Waals surface area contributed by atoms with Crippen molar-refractivity contribution in [2.24, 2.45) is 0 Å². The lowest BCUT2D eigenvalue weighted by molar-refractivity contribution is 0.236. The van der Waals surface area contributed by atoms with Crippen molar-refractivity contribution < 1.29 is 13.0 Å². The molecule has 1 saturated heterocycles. The first-order valence-electron chi connectivity index (χ1n) is 5.43. The van der Waals surface area contributed by atoms with Crippen molar-refractivity contribution in [1.29, 1.82) is 0 Å². The molecule has 0 amide bonds. The van der Waals surface area contributed by atoms with Gasteiger partial charge in [0.15, 0.2) is 0 Å². The van der Waals surface area contributed by atoms with Crippen molar-refractivity contribution in [1.82, 2.24) is 16.4 Å². The highest BCUT2D eigenvalue weighted by molar-refractivity contribution is 7.86. The largest absolute Gasteiger partial charge is 0.344 e. The Labute approximate surface area is 97.7 Å². The highest BCUT2D eigenvalue weighted by Gasteiger charge is 2.21. The van der Waals surface area contributed by atoms with Gasteiger partial charge in [0.2, 0.25) is 0 Å². The van der Waals surface area contributed by atoms with Gasteiger partial charge in [0.05, 0.1) is 5.25 Å². The summed E-state index contributed by atoms with van der Waals surface area (Å²) in [7, 11) is -3.86. The number of piperazine rings is 1. The van der Waals surface area contributed by atoms with Crippen LogP contribution in [0.3, 0.4) is 0 Å². The molecule has 1 aliphatic rings. The Morgan fingerprint density at radius 2 is 1.94 bits per heavy atom. The minimum absolute atomic E-state index is 0. The van der Waals surface area contributed by atoms with Crippen molar-refractivity contribution in [3.8, 4) is 0 Å². The van der Waals surface area contributed by atoms with E-state index in [9.17, 15) is 8.42 Å². The van der Waals surface area contributed by atoms with Gasteiger partial charge in [-0.1, -0.05) is 6.92 Å². The molecule has 0 radical (unpaired) electrons. The Morgan fingerprint density at radius 1 is 1.38 bits per heavy atom. The molecule has 0 aromatic carbocycles. The summed E-state index contributed by atoms with van der Waals surface area (Å²) >= 11 is 0. The SMILES string of the molecule is CCC(CCN1CCNCC1)S(=O)(=O)O.N. The average Bonchev–Trinajstić information content (AvgIpc) is 2.18. The molecular weight excluding hydrogens is 230 g/mol. The zero-order valence-electron chi connectivity index (χ0n) is 9.85. The van der Waals surface area contributed by atoms with Gasteiger partial charge in [0.1, 0.15) is 0 Å². The summed E-state index contributed by atoms with van der Waals surface area (Å²) < 4.78 is 30.9. The van der Waals surface area contributed by atoms with Gasteiger partial charge in [0, 0.05) is 26.2 Å². The topological polar surface area (TPSA) is 105 Å². The van der Waals surface area contributed by atoms with Crippen molar-refractivity contribution in [3.63, 3.8) is 0 Å². The van der Waals surface area contributed by atoms with Gasteiger partial charge in [-0.3, -0.25) is 4.55 Å². The maximum absolute atomic E-state index is 11.0. The minimum Gasteiger partial charge on any atom is -0.344 e. The zero-order valence-corrected chi connectivity index (χ0v) is 10.7. The van der Waals surface area contributed by atoms with E-state index in [0.717, 1.165) is 32.7 Å². The standard InChI is InChI=1S/C9H20N2O3S.H3N/c1-2-9(15(12,13)14)3-6-11-7-4-10-5-8-11;/h9-10H,2-8H2,1H3,(H,12,13,14);1H3. The predicted octanol–water partition coefficient (Wildman–Crippen LogP) is 0.110. The van der Waals surface area contributed by atoms with Gasteiger partial charge in [0.25, 0.3) is 10.1 Å². The normalized spacial score (nSPS) is 20.1. The number of nitrogens with one attached hydrogen (secondary N) is 1. The van der Waals surface area contributed by atoms with E-state index < -0.39 is 15.4 Å². The van der Waals surface area contributed by atoms with E-state index in [2.05, 4.69) is 10.2 Å². The fourth-order valence-corrected chi connectivity index (χ4v) is 2.65. The van der Waals surface area contributed by atoms with E-state index in [4.69, 9.17) is 4.55 Å². The summed E-state index contributed by atoms with van der Waals surface area (Å²) in [6.45, 7) is 6.38. The van der Waals surface area contributed by atoms with Gasteiger partial charge >= 0.3 is 0 Å². The molecule has 0 aromatic rings. The van der Waals surface area contributed by atoms with Crippen LogP contribution in [0.15, 0.2) is 0 Å². The Bertz CT molecular complexity index is 276. The molecule has 1 unspecified atom stereocenters. The van der Waals surface area contributed by atoms with E-state index in [1.165, 1.54) is 0 Å². The van der Waals surface area contributed by atoms with Gasteiger partial charge < -0.3 is 16.4 Å². The molecule has 1 rings (SSSR count). The van der Waals surface area contributed by atoms with Crippen molar-refractivity contribution in [3.05, 3.63) is 0 Å². The summed E-state index contributed by atoms with van der Waals surface area (Å²) in [5, 5.41) is 2.63. The van der Waals surface area contributed by atoms with E-state index in [-0.39, 0.29) is 6.15 Å². The molecular formula is C9H23N3O3S.